The van der Waals surface area contributed by atoms with E-state index >= 15 is 0 Å². The van der Waals surface area contributed by atoms with Gasteiger partial charge in [0.2, 0.25) is 0 Å². The molecule has 3 aliphatic heterocycles. The summed E-state index contributed by atoms with van der Waals surface area (Å²) in [6.45, 7) is 15.0. The minimum absolute atomic E-state index is 0.120. The lowest BCUT2D eigenvalue weighted by atomic mass is 9.74. The fourth-order valence-electron chi connectivity index (χ4n) is 8.59. The number of benzene rings is 1. The fraction of sp³-hybridized carbons (Fsp3) is 0.725. The van der Waals surface area contributed by atoms with Crippen molar-refractivity contribution in [2.75, 3.05) is 27.7 Å². The Morgan fingerprint density at radius 3 is 2.34 bits per heavy atom. The van der Waals surface area contributed by atoms with Gasteiger partial charge in [0.25, 0.3) is 0 Å². The molecule has 0 bridgehead atoms. The summed E-state index contributed by atoms with van der Waals surface area (Å²) in [5.41, 5.74) is 2.14. The van der Waals surface area contributed by atoms with Crippen molar-refractivity contribution in [3.8, 4) is 5.75 Å². The van der Waals surface area contributed by atoms with E-state index in [4.69, 9.17) is 23.7 Å². The van der Waals surface area contributed by atoms with Crippen LogP contribution in [0.25, 0.3) is 0 Å². The molecule has 1 aromatic carbocycles. The van der Waals surface area contributed by atoms with Gasteiger partial charge in [-0.05, 0) is 91.6 Å². The minimum Gasteiger partial charge on any atom is -0.508 e. The van der Waals surface area contributed by atoms with Crippen LogP contribution in [0.4, 0.5) is 4.79 Å². The number of nitrogens with one attached hydrogen (secondary N) is 1. The number of aliphatic hydroxyl groups is 1. The Bertz CT molecular complexity index is 1450. The zero-order valence-electron chi connectivity index (χ0n) is 33.5. The number of aryl methyl sites for hydroxylation is 1. The van der Waals surface area contributed by atoms with Gasteiger partial charge in [-0.3, -0.25) is 4.79 Å². The van der Waals surface area contributed by atoms with Crippen LogP contribution in [0.1, 0.15) is 86.6 Å². The number of rotatable bonds is 10. The summed E-state index contributed by atoms with van der Waals surface area (Å²) in [4.78, 5) is 44.0. The van der Waals surface area contributed by atoms with E-state index < -0.39 is 71.7 Å². The number of cyclic esters (lactones) is 1. The number of ketones is 1. The molecule has 1 aromatic rings. The van der Waals surface area contributed by atoms with Gasteiger partial charge in [-0.25, -0.2) is 20.0 Å². The normalized spacial score (nSPS) is 38.5. The molecule has 12 atom stereocenters. The van der Waals surface area contributed by atoms with Gasteiger partial charge in [0.1, 0.15) is 29.8 Å². The molecule has 0 spiro atoms. The third-order valence-corrected chi connectivity index (χ3v) is 11.5. The van der Waals surface area contributed by atoms with Crippen molar-refractivity contribution in [1.29, 1.82) is 0 Å². The van der Waals surface area contributed by atoms with Crippen molar-refractivity contribution in [2.45, 2.75) is 141 Å². The molecule has 1 amide bonds. The van der Waals surface area contributed by atoms with Crippen molar-refractivity contribution in [2.24, 2.45) is 17.8 Å². The van der Waals surface area contributed by atoms with Gasteiger partial charge in [0.05, 0.1) is 17.8 Å². The third-order valence-electron chi connectivity index (χ3n) is 11.5. The minimum atomic E-state index is -1.36. The molecule has 2 fully saturated rings. The molecule has 0 saturated carbocycles. The number of likely N-dealkylation sites (N-methyl/N-ethyl adjacent to an activating group) is 1. The largest absolute Gasteiger partial charge is 0.508 e. The van der Waals surface area contributed by atoms with Crippen molar-refractivity contribution in [3.05, 3.63) is 41.5 Å². The zero-order valence-corrected chi connectivity index (χ0v) is 33.5. The van der Waals surface area contributed by atoms with Crippen LogP contribution < -0.4 is 5.43 Å². The number of Topliss-reactive ketones (excluding diaryl/α,β-unsaturated/α-hetero) is 1. The molecular weight excluding hydrogens is 682 g/mol. The maximum Gasteiger partial charge on any atom is 0.425 e. The number of carbonyl (C=O) groups excluding carboxylic acids is 3. The highest BCUT2D eigenvalue weighted by atomic mass is 16.7. The van der Waals surface area contributed by atoms with Crippen LogP contribution in [-0.2, 0) is 39.7 Å². The molecule has 0 unspecified atom stereocenters. The number of amides is 1. The van der Waals surface area contributed by atoms with Gasteiger partial charge in [-0.1, -0.05) is 45.9 Å². The van der Waals surface area contributed by atoms with E-state index in [1.807, 2.05) is 65.7 Å². The first-order chi connectivity index (χ1) is 24.9. The number of phenols is 1. The highest BCUT2D eigenvalue weighted by Crippen LogP contribution is 2.42. The molecule has 4 rings (SSSR count). The molecule has 0 aromatic heterocycles. The van der Waals surface area contributed by atoms with Gasteiger partial charge < -0.3 is 38.8 Å². The van der Waals surface area contributed by atoms with E-state index in [2.05, 4.69) is 5.43 Å². The van der Waals surface area contributed by atoms with Gasteiger partial charge in [-0.15, -0.1) is 0 Å². The Kier molecular flexibility index (Phi) is 14.2. The first kappa shape index (κ1) is 42.7. The summed E-state index contributed by atoms with van der Waals surface area (Å²) in [7, 11) is 5.38. The third kappa shape index (κ3) is 9.42. The second kappa shape index (κ2) is 17.6. The number of phenolic OH excluding ortho intramolecular Hbond substituents is 1. The molecule has 2 saturated heterocycles. The highest BCUT2D eigenvalue weighted by molar-refractivity contribution is 5.88. The Hall–Kier alpha value is -3.07. The lowest BCUT2D eigenvalue weighted by molar-refractivity contribution is -0.294. The van der Waals surface area contributed by atoms with E-state index in [1.54, 1.807) is 46.1 Å². The van der Waals surface area contributed by atoms with Crippen LogP contribution in [0.3, 0.4) is 0 Å². The fourth-order valence-corrected chi connectivity index (χ4v) is 8.59. The summed E-state index contributed by atoms with van der Waals surface area (Å²) in [5, 5.41) is 22.4. The molecule has 0 radical (unpaired) electrons. The number of carbonyl (C=O) groups is 3. The van der Waals surface area contributed by atoms with Crippen LogP contribution in [0.2, 0.25) is 0 Å². The Morgan fingerprint density at radius 2 is 1.74 bits per heavy atom. The average Bonchev–Trinajstić information content (AvgIpc) is 3.37. The number of fused-ring (bicyclic) bond motifs is 1. The average molecular weight is 746 g/mol. The molecule has 3 N–H and O–H groups in total. The number of nitrogens with zero attached hydrogens (tertiary/aromatic N) is 2. The Labute approximate surface area is 315 Å². The van der Waals surface area contributed by atoms with Crippen LogP contribution in [-0.4, -0.2) is 120 Å². The standard InChI is InChI=1S/C40H63N3O10/c1-12-31-40(8)34(43(38(48)53-40)41-19-13-14-28-15-17-29(44)18-16-28)27(6)32(45)25(4)22-39(7,49-11)35(23(2)20-24(3)36(47)51-31)52-37-33(46)30(42(9)10)21-26(5)50-37/h15-18,20,23,25-27,30-31,33-35,37,41,44,46H,12-14,19,21-22H2,1-11H3/b24-20+/t23-,25+,26+,27-,30-,31+,33+,34+,35+,37-,39-,40+/m0/s1. The summed E-state index contributed by atoms with van der Waals surface area (Å²) < 4.78 is 31.3. The highest BCUT2D eigenvalue weighted by Gasteiger charge is 2.60. The van der Waals surface area contributed by atoms with Crippen molar-refractivity contribution < 1.29 is 48.3 Å². The summed E-state index contributed by atoms with van der Waals surface area (Å²) in [5.74, 6) is -2.28. The van der Waals surface area contributed by atoms with Gasteiger partial charge in [-0.2, -0.15) is 0 Å². The number of hydrogen-bond acceptors (Lipinski definition) is 12. The first-order valence-corrected chi connectivity index (χ1v) is 19.0. The maximum atomic E-state index is 14.6. The van der Waals surface area contributed by atoms with Crippen molar-refractivity contribution in [1.82, 2.24) is 15.3 Å². The van der Waals surface area contributed by atoms with Crippen LogP contribution in [0.5, 0.6) is 5.75 Å². The number of aromatic hydroxyl groups is 1. The molecule has 13 heteroatoms. The van der Waals surface area contributed by atoms with Crippen molar-refractivity contribution in [3.63, 3.8) is 0 Å². The molecule has 0 aliphatic carbocycles. The number of hydrazine groups is 1. The van der Waals surface area contributed by atoms with E-state index in [0.717, 1.165) is 5.56 Å². The molecular formula is C40H63N3O10. The molecule has 3 heterocycles. The number of esters is 1. The number of ether oxygens (including phenoxy) is 5. The summed E-state index contributed by atoms with van der Waals surface area (Å²) in [6.07, 6.45) is -0.101. The van der Waals surface area contributed by atoms with E-state index in [1.165, 1.54) is 5.01 Å². The van der Waals surface area contributed by atoms with Gasteiger partial charge in [0, 0.05) is 43.0 Å². The molecule has 298 valence electrons. The van der Waals surface area contributed by atoms with Crippen LogP contribution >= 0.6 is 0 Å². The van der Waals surface area contributed by atoms with Crippen LogP contribution in [0, 0.1) is 17.8 Å². The summed E-state index contributed by atoms with van der Waals surface area (Å²) >= 11 is 0. The van der Waals surface area contributed by atoms with E-state index in [9.17, 15) is 24.6 Å². The topological polar surface area (TPSA) is 156 Å². The second-order valence-corrected chi connectivity index (χ2v) is 16.0. The molecule has 3 aliphatic rings. The first-order valence-electron chi connectivity index (χ1n) is 19.0. The second-order valence-electron chi connectivity index (χ2n) is 16.0. The maximum absolute atomic E-state index is 14.6. The SMILES string of the molecule is CC[C@H]1OC(=O)/C(C)=C/[C@H](C)[C@@H](O[C@@H]2O[C@H](C)C[C@H](N(C)C)[C@H]2O)[C@@](C)(OC)C[C@@H](C)C(=O)[C@H](C)[C@H]2N(NCCCc3ccc(O)cc3)C(=O)O[C@]12C. The predicted molar refractivity (Wildman–Crippen MR) is 199 cm³/mol. The van der Waals surface area contributed by atoms with Gasteiger partial charge in [0.15, 0.2) is 11.9 Å². The predicted octanol–water partition coefficient (Wildman–Crippen LogP) is 4.77. The zero-order chi connectivity index (χ0) is 39.4. The van der Waals surface area contributed by atoms with Crippen LogP contribution in [0.15, 0.2) is 35.9 Å². The smallest absolute Gasteiger partial charge is 0.425 e. The number of hydrogen-bond donors (Lipinski definition) is 3. The van der Waals surface area contributed by atoms with E-state index in [0.29, 0.717) is 37.8 Å². The lowest BCUT2D eigenvalue weighted by Gasteiger charge is -2.46. The molecule has 13 nitrogen and oxygen atoms in total. The summed E-state index contributed by atoms with van der Waals surface area (Å²) in [6, 6.07) is 5.94. The number of methoxy groups -OCH3 is 1. The van der Waals surface area contributed by atoms with Crippen molar-refractivity contribution >= 4 is 17.8 Å². The van der Waals surface area contributed by atoms with E-state index in [-0.39, 0.29) is 30.1 Å². The Morgan fingerprint density at radius 1 is 1.08 bits per heavy atom. The lowest BCUT2D eigenvalue weighted by Crippen LogP contribution is -2.60. The number of aliphatic hydroxyl groups excluding tert-OH is 1. The monoisotopic (exact) mass is 745 g/mol. The Balaban J connectivity index is 1.69. The molecule has 53 heavy (non-hydrogen) atoms. The van der Waals surface area contributed by atoms with Gasteiger partial charge >= 0.3 is 12.1 Å². The quantitative estimate of drug-likeness (QED) is 0.223.